The molecule has 6 heteroatoms. The maximum absolute atomic E-state index is 12.4. The number of hydrogen-bond donors (Lipinski definition) is 0. The predicted molar refractivity (Wildman–Crippen MR) is 114 cm³/mol. The Bertz CT molecular complexity index is 793. The van der Waals surface area contributed by atoms with Gasteiger partial charge < -0.3 is 9.57 Å². The SMILES string of the molecule is CCC(CC)C(=O)ON1CCCCC1OCc1ncccc1-c1ccc(Cl)cc1. The van der Waals surface area contributed by atoms with Crippen LogP contribution in [0, 0.1) is 5.92 Å². The van der Waals surface area contributed by atoms with Gasteiger partial charge in [-0.15, -0.1) is 5.06 Å². The van der Waals surface area contributed by atoms with Crippen molar-refractivity contribution in [3.05, 3.63) is 53.3 Å². The second-order valence-corrected chi connectivity index (χ2v) is 7.77. The van der Waals surface area contributed by atoms with Crippen LogP contribution < -0.4 is 0 Å². The molecule has 5 nitrogen and oxygen atoms in total. The Labute approximate surface area is 177 Å². The van der Waals surface area contributed by atoms with Crippen molar-refractivity contribution in [3.63, 3.8) is 0 Å². The van der Waals surface area contributed by atoms with E-state index in [0.29, 0.717) is 18.2 Å². The third-order valence-corrected chi connectivity index (χ3v) is 5.64. The zero-order chi connectivity index (χ0) is 20.6. The quantitative estimate of drug-likeness (QED) is 0.558. The number of hydroxylamine groups is 2. The first-order chi connectivity index (χ1) is 14.1. The molecule has 1 saturated heterocycles. The van der Waals surface area contributed by atoms with Gasteiger partial charge in [-0.1, -0.05) is 43.6 Å². The predicted octanol–water partition coefficient (Wildman–Crippen LogP) is 5.63. The van der Waals surface area contributed by atoms with E-state index in [1.807, 2.05) is 50.2 Å². The molecule has 2 heterocycles. The van der Waals surface area contributed by atoms with E-state index in [4.69, 9.17) is 21.2 Å². The van der Waals surface area contributed by atoms with Crippen molar-refractivity contribution in [1.82, 2.24) is 10.0 Å². The molecule has 0 aliphatic carbocycles. The fourth-order valence-electron chi connectivity index (χ4n) is 3.58. The topological polar surface area (TPSA) is 51.7 Å². The van der Waals surface area contributed by atoms with Gasteiger partial charge in [0, 0.05) is 23.3 Å². The fraction of sp³-hybridized carbons (Fsp3) is 0.478. The maximum atomic E-state index is 12.4. The molecule has 0 amide bonds. The summed E-state index contributed by atoms with van der Waals surface area (Å²) in [5, 5.41) is 2.42. The first-order valence-corrected chi connectivity index (χ1v) is 10.8. The molecule has 1 aliphatic heterocycles. The van der Waals surface area contributed by atoms with Crippen LogP contribution in [0.1, 0.15) is 51.6 Å². The Kier molecular flexibility index (Phi) is 8.04. The maximum Gasteiger partial charge on any atom is 0.328 e. The zero-order valence-corrected chi connectivity index (χ0v) is 17.9. The van der Waals surface area contributed by atoms with E-state index >= 15 is 0 Å². The zero-order valence-electron chi connectivity index (χ0n) is 17.1. The van der Waals surface area contributed by atoms with Crippen LogP contribution in [0.2, 0.25) is 5.02 Å². The Morgan fingerprint density at radius 3 is 2.69 bits per heavy atom. The lowest BCUT2D eigenvalue weighted by Gasteiger charge is -2.34. The molecule has 0 bridgehead atoms. The first kappa shape index (κ1) is 21.8. The van der Waals surface area contributed by atoms with E-state index in [2.05, 4.69) is 4.98 Å². The summed E-state index contributed by atoms with van der Waals surface area (Å²) in [5.74, 6) is -0.227. The van der Waals surface area contributed by atoms with Crippen LogP contribution in [0.25, 0.3) is 11.1 Å². The van der Waals surface area contributed by atoms with Crippen LogP contribution in [0.15, 0.2) is 42.6 Å². The molecule has 1 fully saturated rings. The molecule has 0 N–H and O–H groups in total. The van der Waals surface area contributed by atoms with Crippen molar-refractivity contribution in [2.24, 2.45) is 5.92 Å². The van der Waals surface area contributed by atoms with Crippen molar-refractivity contribution in [3.8, 4) is 11.1 Å². The average Bonchev–Trinajstić information content (AvgIpc) is 2.75. The van der Waals surface area contributed by atoms with Crippen molar-refractivity contribution in [2.75, 3.05) is 6.54 Å². The van der Waals surface area contributed by atoms with E-state index in [9.17, 15) is 4.79 Å². The van der Waals surface area contributed by atoms with Crippen LogP contribution in [0.5, 0.6) is 0 Å². The second kappa shape index (κ2) is 10.7. The van der Waals surface area contributed by atoms with Crippen molar-refractivity contribution < 1.29 is 14.4 Å². The molecular weight excluding hydrogens is 388 g/mol. The number of halogens is 1. The monoisotopic (exact) mass is 416 g/mol. The molecule has 156 valence electrons. The number of rotatable bonds is 8. The number of carbonyl (C=O) groups is 1. The summed E-state index contributed by atoms with van der Waals surface area (Å²) in [6.07, 6.45) is 5.97. The van der Waals surface area contributed by atoms with Gasteiger partial charge in [0.25, 0.3) is 0 Å². The van der Waals surface area contributed by atoms with E-state index in [1.165, 1.54) is 0 Å². The van der Waals surface area contributed by atoms with Gasteiger partial charge in [-0.25, -0.2) is 0 Å². The summed E-state index contributed by atoms with van der Waals surface area (Å²) >= 11 is 6.02. The molecule has 1 aliphatic rings. The smallest absolute Gasteiger partial charge is 0.328 e. The Hall–Kier alpha value is -1.95. The van der Waals surface area contributed by atoms with Gasteiger partial charge in [-0.2, -0.15) is 0 Å². The lowest BCUT2D eigenvalue weighted by molar-refractivity contribution is -0.259. The molecule has 2 aromatic rings. The van der Waals surface area contributed by atoms with E-state index in [1.54, 1.807) is 11.3 Å². The first-order valence-electron chi connectivity index (χ1n) is 10.4. The largest absolute Gasteiger partial charge is 0.365 e. The summed E-state index contributed by atoms with van der Waals surface area (Å²) in [6, 6.07) is 11.6. The van der Waals surface area contributed by atoms with E-state index in [0.717, 1.165) is 48.9 Å². The lowest BCUT2D eigenvalue weighted by atomic mass is 10.0. The van der Waals surface area contributed by atoms with Crippen molar-refractivity contribution in [1.29, 1.82) is 0 Å². The van der Waals surface area contributed by atoms with Gasteiger partial charge in [0.2, 0.25) is 0 Å². The van der Waals surface area contributed by atoms with E-state index < -0.39 is 0 Å². The molecule has 1 unspecified atom stereocenters. The highest BCUT2D eigenvalue weighted by Crippen LogP contribution is 2.26. The molecule has 1 atom stereocenters. The molecular formula is C23H29ClN2O3. The number of pyridine rings is 1. The summed E-state index contributed by atoms with van der Waals surface area (Å²) in [6.45, 7) is 5.07. The van der Waals surface area contributed by atoms with Gasteiger partial charge in [-0.3, -0.25) is 9.78 Å². The molecule has 29 heavy (non-hydrogen) atoms. The number of piperidine rings is 1. The normalized spacial score (nSPS) is 17.4. The molecule has 0 saturated carbocycles. The summed E-state index contributed by atoms with van der Waals surface area (Å²) in [4.78, 5) is 22.6. The highest BCUT2D eigenvalue weighted by atomic mass is 35.5. The van der Waals surface area contributed by atoms with Crippen LogP contribution in [-0.4, -0.2) is 28.8 Å². The molecule has 3 rings (SSSR count). The highest BCUT2D eigenvalue weighted by Gasteiger charge is 2.29. The third kappa shape index (κ3) is 5.78. The molecule has 0 radical (unpaired) electrons. The standard InChI is InChI=1S/C23H29ClN2O3/c1-3-17(4-2)23(27)29-26-15-6-5-9-22(26)28-16-21-20(8-7-14-25-21)18-10-12-19(24)13-11-18/h7-8,10-14,17,22H,3-6,9,15-16H2,1-2H3. The summed E-state index contributed by atoms with van der Waals surface area (Å²) in [5.41, 5.74) is 2.91. The molecule has 0 spiro atoms. The Morgan fingerprint density at radius 2 is 1.97 bits per heavy atom. The highest BCUT2D eigenvalue weighted by molar-refractivity contribution is 6.30. The van der Waals surface area contributed by atoms with Crippen molar-refractivity contribution in [2.45, 2.75) is 58.8 Å². The van der Waals surface area contributed by atoms with Crippen molar-refractivity contribution >= 4 is 17.6 Å². The van der Waals surface area contributed by atoms with Gasteiger partial charge in [-0.05, 0) is 55.9 Å². The van der Waals surface area contributed by atoms with Crippen LogP contribution in [0.4, 0.5) is 0 Å². The lowest BCUT2D eigenvalue weighted by Crippen LogP contribution is -2.43. The summed E-state index contributed by atoms with van der Waals surface area (Å²) < 4.78 is 6.18. The minimum absolute atomic E-state index is 0.0649. The van der Waals surface area contributed by atoms with Crippen LogP contribution >= 0.6 is 11.6 Å². The van der Waals surface area contributed by atoms with Crippen LogP contribution in [0.3, 0.4) is 0 Å². The summed E-state index contributed by atoms with van der Waals surface area (Å²) in [7, 11) is 0. The van der Waals surface area contributed by atoms with E-state index in [-0.39, 0.29) is 18.1 Å². The molecule has 1 aromatic carbocycles. The molecule has 1 aromatic heterocycles. The third-order valence-electron chi connectivity index (χ3n) is 5.38. The van der Waals surface area contributed by atoms with Gasteiger partial charge in [0.15, 0.2) is 0 Å². The van der Waals surface area contributed by atoms with Gasteiger partial charge in [0.05, 0.1) is 18.2 Å². The fourth-order valence-corrected chi connectivity index (χ4v) is 3.70. The Balaban J connectivity index is 1.68. The number of benzene rings is 1. The Morgan fingerprint density at radius 1 is 1.21 bits per heavy atom. The number of hydrogen-bond acceptors (Lipinski definition) is 5. The average molecular weight is 417 g/mol. The number of ether oxygens (including phenoxy) is 1. The van der Waals surface area contributed by atoms with Crippen LogP contribution in [-0.2, 0) is 21.0 Å². The minimum atomic E-state index is -0.248. The number of carbonyl (C=O) groups excluding carboxylic acids is 1. The van der Waals surface area contributed by atoms with Gasteiger partial charge >= 0.3 is 5.97 Å². The van der Waals surface area contributed by atoms with Gasteiger partial charge in [0.1, 0.15) is 6.23 Å². The minimum Gasteiger partial charge on any atom is -0.365 e. The number of nitrogens with zero attached hydrogens (tertiary/aromatic N) is 2. The number of aromatic nitrogens is 1. The second-order valence-electron chi connectivity index (χ2n) is 7.33.